The van der Waals surface area contributed by atoms with E-state index in [1.165, 1.54) is 0 Å². The summed E-state index contributed by atoms with van der Waals surface area (Å²) in [6.07, 6.45) is -0.726. The fourth-order valence-electron chi connectivity index (χ4n) is 2.08. The molecule has 0 bridgehead atoms. The summed E-state index contributed by atoms with van der Waals surface area (Å²) in [6, 6.07) is 7.41. The number of hydrogen-bond acceptors (Lipinski definition) is 5. The molecule has 0 spiro atoms. The topological polar surface area (TPSA) is 73.9 Å². The van der Waals surface area contributed by atoms with Gasteiger partial charge in [-0.05, 0) is 19.9 Å². The Balaban J connectivity index is 2.30. The van der Waals surface area contributed by atoms with Crippen molar-refractivity contribution in [1.82, 2.24) is 0 Å². The van der Waals surface area contributed by atoms with E-state index in [-0.39, 0.29) is 18.8 Å². The van der Waals surface area contributed by atoms with Crippen molar-refractivity contribution in [3.8, 4) is 0 Å². The van der Waals surface area contributed by atoms with E-state index >= 15 is 0 Å². The Hall–Kier alpha value is -1.46. The van der Waals surface area contributed by atoms with Gasteiger partial charge in [0.05, 0.1) is 0 Å². The molecule has 0 unspecified atom stereocenters. The van der Waals surface area contributed by atoms with Gasteiger partial charge in [0.25, 0.3) is 0 Å². The third-order valence-corrected chi connectivity index (χ3v) is 2.74. The van der Waals surface area contributed by atoms with Crippen LogP contribution >= 0.6 is 0 Å². The summed E-state index contributed by atoms with van der Waals surface area (Å²) in [7, 11) is 0. The van der Waals surface area contributed by atoms with Crippen molar-refractivity contribution in [1.29, 1.82) is 0 Å². The summed E-state index contributed by atoms with van der Waals surface area (Å²) in [5, 5.41) is 2.89. The smallest absolute Gasteiger partial charge is 0.164 e. The van der Waals surface area contributed by atoms with Crippen molar-refractivity contribution in [2.75, 3.05) is 12.3 Å². The molecule has 5 nitrogen and oxygen atoms in total. The molecule has 0 saturated carbocycles. The van der Waals surface area contributed by atoms with Gasteiger partial charge in [0.15, 0.2) is 5.79 Å². The Kier molecular flexibility index (Phi) is 3.13. The van der Waals surface area contributed by atoms with Crippen molar-refractivity contribution in [3.05, 3.63) is 34.7 Å². The molecule has 0 aromatic heterocycles. The van der Waals surface area contributed by atoms with Gasteiger partial charge in [0, 0.05) is 11.3 Å². The van der Waals surface area contributed by atoms with E-state index in [4.69, 9.17) is 15.2 Å². The molecule has 1 saturated heterocycles. The highest BCUT2D eigenvalue weighted by molar-refractivity contribution is 5.48. The van der Waals surface area contributed by atoms with Crippen molar-refractivity contribution in [2.24, 2.45) is 5.18 Å². The fourth-order valence-corrected chi connectivity index (χ4v) is 2.08. The van der Waals surface area contributed by atoms with E-state index < -0.39 is 5.79 Å². The van der Waals surface area contributed by atoms with Crippen LogP contribution in [0.2, 0.25) is 0 Å². The number of rotatable bonds is 3. The number of benzene rings is 1. The van der Waals surface area contributed by atoms with E-state index in [1.807, 2.05) is 32.0 Å². The van der Waals surface area contributed by atoms with Gasteiger partial charge in [-0.25, -0.2) is 0 Å². The van der Waals surface area contributed by atoms with Crippen LogP contribution in [0, 0.1) is 4.91 Å². The highest BCUT2D eigenvalue weighted by Crippen LogP contribution is 2.40. The highest BCUT2D eigenvalue weighted by atomic mass is 16.8. The molecule has 1 aliphatic rings. The molecule has 1 heterocycles. The number of nitrogen functional groups attached to an aromatic ring is 1. The van der Waals surface area contributed by atoms with Crippen LogP contribution in [0.1, 0.15) is 25.5 Å². The second kappa shape index (κ2) is 4.43. The van der Waals surface area contributed by atoms with Crippen molar-refractivity contribution < 1.29 is 9.47 Å². The van der Waals surface area contributed by atoms with Crippen LogP contribution < -0.4 is 5.73 Å². The Morgan fingerprint density at radius 3 is 2.71 bits per heavy atom. The molecule has 5 heteroatoms. The highest BCUT2D eigenvalue weighted by Gasteiger charge is 2.42. The summed E-state index contributed by atoms with van der Waals surface area (Å²) in [6.45, 7) is 3.68. The van der Waals surface area contributed by atoms with Crippen LogP contribution in [0.3, 0.4) is 0 Å². The van der Waals surface area contributed by atoms with Gasteiger partial charge in [-0.1, -0.05) is 23.4 Å². The SMILES string of the molecule is CC1(C)O[C@H](CN=O)[C@H](c2ccccc2N)O1. The number of anilines is 1. The quantitative estimate of drug-likeness (QED) is 0.645. The molecule has 0 amide bonds. The second-order valence-electron chi connectivity index (χ2n) is 4.54. The minimum Gasteiger partial charge on any atom is -0.398 e. The van der Waals surface area contributed by atoms with Gasteiger partial charge < -0.3 is 15.2 Å². The van der Waals surface area contributed by atoms with Crippen LogP contribution in [0.4, 0.5) is 5.69 Å². The first kappa shape index (κ1) is 12.0. The number of ether oxygens (including phenoxy) is 2. The first-order chi connectivity index (χ1) is 8.03. The summed E-state index contributed by atoms with van der Waals surface area (Å²) < 4.78 is 11.4. The zero-order valence-electron chi connectivity index (χ0n) is 9.92. The molecular formula is C12H16N2O3. The third kappa shape index (κ3) is 2.45. The molecule has 17 heavy (non-hydrogen) atoms. The molecule has 2 N–H and O–H groups in total. The first-order valence-electron chi connectivity index (χ1n) is 5.52. The third-order valence-electron chi connectivity index (χ3n) is 2.74. The molecule has 2 atom stereocenters. The Bertz CT molecular complexity index is 420. The maximum atomic E-state index is 10.4. The Morgan fingerprint density at radius 2 is 2.06 bits per heavy atom. The average molecular weight is 236 g/mol. The predicted molar refractivity (Wildman–Crippen MR) is 64.3 cm³/mol. The minimum atomic E-state index is -0.720. The number of nitrogens with zero attached hydrogens (tertiary/aromatic N) is 1. The van der Waals surface area contributed by atoms with Gasteiger partial charge in [-0.2, -0.15) is 4.91 Å². The molecule has 0 radical (unpaired) electrons. The molecule has 1 aromatic carbocycles. The molecule has 1 fully saturated rings. The molecule has 0 aliphatic carbocycles. The number of nitroso groups, excluding NO2 is 1. The maximum Gasteiger partial charge on any atom is 0.164 e. The van der Waals surface area contributed by atoms with Crippen LogP contribution in [0.25, 0.3) is 0 Å². The zero-order chi connectivity index (χ0) is 12.5. The fraction of sp³-hybridized carbons (Fsp3) is 0.500. The van der Waals surface area contributed by atoms with Gasteiger partial charge >= 0.3 is 0 Å². The van der Waals surface area contributed by atoms with Gasteiger partial charge in [-0.15, -0.1) is 0 Å². The Morgan fingerprint density at radius 1 is 1.35 bits per heavy atom. The number of para-hydroxylation sites is 1. The van der Waals surface area contributed by atoms with Crippen LogP contribution in [0.5, 0.6) is 0 Å². The molecule has 1 aliphatic heterocycles. The molecular weight excluding hydrogens is 220 g/mol. The first-order valence-corrected chi connectivity index (χ1v) is 5.52. The average Bonchev–Trinajstić information content (AvgIpc) is 2.55. The summed E-state index contributed by atoms with van der Waals surface area (Å²) >= 11 is 0. The summed E-state index contributed by atoms with van der Waals surface area (Å²) in [4.78, 5) is 10.4. The van der Waals surface area contributed by atoms with Crippen LogP contribution in [0.15, 0.2) is 29.4 Å². The van der Waals surface area contributed by atoms with E-state index in [1.54, 1.807) is 6.07 Å². The van der Waals surface area contributed by atoms with E-state index in [9.17, 15) is 4.91 Å². The molecule has 92 valence electrons. The second-order valence-corrected chi connectivity index (χ2v) is 4.54. The van der Waals surface area contributed by atoms with E-state index in [0.717, 1.165) is 5.56 Å². The standard InChI is InChI=1S/C12H16N2O3/c1-12(2)16-10(7-14-15)11(17-12)8-5-3-4-6-9(8)13/h3-6,10-11H,7,13H2,1-2H3/t10-,11+/m1/s1. The largest absolute Gasteiger partial charge is 0.398 e. The lowest BCUT2D eigenvalue weighted by molar-refractivity contribution is -0.146. The van der Waals surface area contributed by atoms with Crippen molar-refractivity contribution >= 4 is 5.69 Å². The Labute approximate surface area is 99.9 Å². The van der Waals surface area contributed by atoms with E-state index in [0.29, 0.717) is 5.69 Å². The van der Waals surface area contributed by atoms with Crippen LogP contribution in [-0.4, -0.2) is 18.4 Å². The normalized spacial score (nSPS) is 26.9. The monoisotopic (exact) mass is 236 g/mol. The van der Waals surface area contributed by atoms with E-state index in [2.05, 4.69) is 5.18 Å². The lowest BCUT2D eigenvalue weighted by Crippen LogP contribution is -2.22. The predicted octanol–water partition coefficient (Wildman–Crippen LogP) is 2.23. The maximum absolute atomic E-state index is 10.4. The van der Waals surface area contributed by atoms with Crippen molar-refractivity contribution in [2.45, 2.75) is 31.8 Å². The molecule has 1 aromatic rings. The number of nitrogens with two attached hydrogens (primary N) is 1. The zero-order valence-corrected chi connectivity index (χ0v) is 9.92. The van der Waals surface area contributed by atoms with Gasteiger partial charge in [0.2, 0.25) is 0 Å². The van der Waals surface area contributed by atoms with Gasteiger partial charge in [0.1, 0.15) is 18.8 Å². The van der Waals surface area contributed by atoms with Crippen LogP contribution in [-0.2, 0) is 9.47 Å². The van der Waals surface area contributed by atoms with Crippen molar-refractivity contribution in [3.63, 3.8) is 0 Å². The minimum absolute atomic E-state index is 0.0580. The lowest BCUT2D eigenvalue weighted by Gasteiger charge is -2.17. The summed E-state index contributed by atoms with van der Waals surface area (Å²) in [5.41, 5.74) is 7.38. The summed E-state index contributed by atoms with van der Waals surface area (Å²) in [5.74, 6) is -0.720. The lowest BCUT2D eigenvalue weighted by atomic mass is 10.0. The molecule has 2 rings (SSSR count). The van der Waals surface area contributed by atoms with Gasteiger partial charge in [-0.3, -0.25) is 0 Å². The number of hydrogen-bond donors (Lipinski definition) is 1.